The largest absolute Gasteiger partial charge is 0.489 e. The molecule has 1 aromatic heterocycles. The number of hydrogen-bond donors (Lipinski definition) is 1. The predicted octanol–water partition coefficient (Wildman–Crippen LogP) is 4.93. The van der Waals surface area contributed by atoms with E-state index in [1.807, 2.05) is 36.4 Å². The number of ether oxygens (including phenoxy) is 2. The highest BCUT2D eigenvalue weighted by Gasteiger charge is 2.33. The summed E-state index contributed by atoms with van der Waals surface area (Å²) >= 11 is 0. The minimum absolute atomic E-state index is 0.0487. The number of para-hydroxylation sites is 1. The fourth-order valence-corrected chi connectivity index (χ4v) is 2.38. The molecule has 2 aromatic carbocycles. The van der Waals surface area contributed by atoms with Gasteiger partial charge < -0.3 is 15.2 Å². The zero-order valence-corrected chi connectivity index (χ0v) is 14.2. The molecule has 1 heterocycles. The van der Waals surface area contributed by atoms with Gasteiger partial charge in [-0.2, -0.15) is 13.2 Å². The van der Waals surface area contributed by atoms with Gasteiger partial charge in [0.1, 0.15) is 23.8 Å². The molecule has 0 bridgehead atoms. The molecule has 0 atom stereocenters. The summed E-state index contributed by atoms with van der Waals surface area (Å²) in [5, 5.41) is 0. The maximum Gasteiger partial charge on any atom is 0.433 e. The Morgan fingerprint density at radius 2 is 1.59 bits per heavy atom. The molecule has 0 unspecified atom stereocenters. The Morgan fingerprint density at radius 1 is 0.852 bits per heavy atom. The third-order valence-corrected chi connectivity index (χ3v) is 3.66. The second-order valence-corrected chi connectivity index (χ2v) is 5.75. The van der Waals surface area contributed by atoms with E-state index in [1.54, 1.807) is 18.2 Å². The highest BCUT2D eigenvalue weighted by atomic mass is 19.4. The molecule has 0 aliphatic rings. The molecule has 3 aromatic rings. The SMILES string of the molecule is NCc1cc(Oc2cccc(COc3ccccc3)c2)nc(C(F)(F)F)c1. The lowest BCUT2D eigenvalue weighted by molar-refractivity contribution is -0.141. The molecule has 0 aliphatic heterocycles. The van der Waals surface area contributed by atoms with Gasteiger partial charge in [-0.3, -0.25) is 0 Å². The molecule has 140 valence electrons. The highest BCUT2D eigenvalue weighted by molar-refractivity contribution is 5.34. The van der Waals surface area contributed by atoms with Crippen molar-refractivity contribution in [3.63, 3.8) is 0 Å². The molecule has 0 spiro atoms. The molecule has 0 fully saturated rings. The van der Waals surface area contributed by atoms with Gasteiger partial charge in [0.05, 0.1) is 0 Å². The average Bonchev–Trinajstić information content (AvgIpc) is 2.66. The number of alkyl halides is 3. The molecule has 7 heteroatoms. The maximum atomic E-state index is 13.0. The third-order valence-electron chi connectivity index (χ3n) is 3.66. The van der Waals surface area contributed by atoms with Gasteiger partial charge in [-0.05, 0) is 41.5 Å². The zero-order valence-electron chi connectivity index (χ0n) is 14.2. The van der Waals surface area contributed by atoms with E-state index in [4.69, 9.17) is 15.2 Å². The fraction of sp³-hybridized carbons (Fsp3) is 0.150. The van der Waals surface area contributed by atoms with Crippen LogP contribution in [-0.2, 0) is 19.3 Å². The fourth-order valence-electron chi connectivity index (χ4n) is 2.38. The van der Waals surface area contributed by atoms with Gasteiger partial charge in [-0.1, -0.05) is 30.3 Å². The van der Waals surface area contributed by atoms with Crippen LogP contribution in [0.2, 0.25) is 0 Å². The van der Waals surface area contributed by atoms with Gasteiger partial charge in [0.2, 0.25) is 5.88 Å². The summed E-state index contributed by atoms with van der Waals surface area (Å²) < 4.78 is 50.1. The Kier molecular flexibility index (Phi) is 5.61. The molecule has 0 amide bonds. The monoisotopic (exact) mass is 374 g/mol. The first-order valence-corrected chi connectivity index (χ1v) is 8.17. The molecule has 0 saturated heterocycles. The van der Waals surface area contributed by atoms with Crippen LogP contribution < -0.4 is 15.2 Å². The number of nitrogens with zero attached hydrogens (tertiary/aromatic N) is 1. The summed E-state index contributed by atoms with van der Waals surface area (Å²) in [7, 11) is 0. The minimum Gasteiger partial charge on any atom is -0.489 e. The molecule has 0 aliphatic carbocycles. The number of pyridine rings is 1. The lowest BCUT2D eigenvalue weighted by Crippen LogP contribution is -2.10. The van der Waals surface area contributed by atoms with Crippen LogP contribution in [-0.4, -0.2) is 4.98 Å². The lowest BCUT2D eigenvalue weighted by Gasteiger charge is -2.12. The first kappa shape index (κ1) is 18.7. The molecule has 4 nitrogen and oxygen atoms in total. The Bertz CT molecular complexity index is 899. The second kappa shape index (κ2) is 8.09. The Labute approximate surface area is 154 Å². The van der Waals surface area contributed by atoms with Gasteiger partial charge in [-0.25, -0.2) is 4.98 Å². The normalized spacial score (nSPS) is 11.3. The van der Waals surface area contributed by atoms with Crippen molar-refractivity contribution < 1.29 is 22.6 Å². The summed E-state index contributed by atoms with van der Waals surface area (Å²) in [5.41, 5.74) is 5.53. The van der Waals surface area contributed by atoms with E-state index >= 15 is 0 Å². The Hall–Kier alpha value is -3.06. The summed E-state index contributed by atoms with van der Waals surface area (Å²) in [6.45, 7) is 0.248. The summed E-state index contributed by atoms with van der Waals surface area (Å²) in [5.74, 6) is 0.918. The van der Waals surface area contributed by atoms with Gasteiger partial charge in [0.25, 0.3) is 0 Å². The summed E-state index contributed by atoms with van der Waals surface area (Å²) in [6, 6.07) is 18.5. The van der Waals surface area contributed by atoms with E-state index < -0.39 is 11.9 Å². The smallest absolute Gasteiger partial charge is 0.433 e. The molecule has 2 N–H and O–H groups in total. The first-order chi connectivity index (χ1) is 12.9. The molecule has 0 saturated carbocycles. The van der Waals surface area contributed by atoms with Crippen molar-refractivity contribution in [1.29, 1.82) is 0 Å². The topological polar surface area (TPSA) is 57.4 Å². The van der Waals surface area contributed by atoms with Crippen molar-refractivity contribution >= 4 is 0 Å². The number of benzene rings is 2. The standard InChI is InChI=1S/C20H17F3N2O2/c21-20(22,23)18-10-15(12-24)11-19(25-18)27-17-8-4-5-14(9-17)13-26-16-6-2-1-3-7-16/h1-11H,12-13,24H2. The van der Waals surface area contributed by atoms with Gasteiger partial charge in [0, 0.05) is 12.6 Å². The highest BCUT2D eigenvalue weighted by Crippen LogP contribution is 2.31. The van der Waals surface area contributed by atoms with E-state index in [2.05, 4.69) is 4.98 Å². The zero-order chi connectivity index (χ0) is 19.3. The number of halogens is 3. The van der Waals surface area contributed by atoms with E-state index in [9.17, 15) is 13.2 Å². The van der Waals surface area contributed by atoms with Crippen molar-refractivity contribution in [3.05, 3.63) is 83.6 Å². The van der Waals surface area contributed by atoms with E-state index in [0.29, 0.717) is 12.4 Å². The van der Waals surface area contributed by atoms with E-state index in [-0.39, 0.29) is 18.0 Å². The number of nitrogens with two attached hydrogens (primary N) is 1. The number of hydrogen-bond acceptors (Lipinski definition) is 4. The van der Waals surface area contributed by atoms with Crippen molar-refractivity contribution in [2.24, 2.45) is 5.73 Å². The lowest BCUT2D eigenvalue weighted by atomic mass is 10.2. The number of aromatic nitrogens is 1. The van der Waals surface area contributed by atoms with Crippen LogP contribution in [0.1, 0.15) is 16.8 Å². The van der Waals surface area contributed by atoms with Crippen LogP contribution in [0.25, 0.3) is 0 Å². The first-order valence-electron chi connectivity index (χ1n) is 8.17. The van der Waals surface area contributed by atoms with Gasteiger partial charge in [0.15, 0.2) is 0 Å². The van der Waals surface area contributed by atoms with Crippen LogP contribution >= 0.6 is 0 Å². The minimum atomic E-state index is -4.57. The van der Waals surface area contributed by atoms with Crippen molar-refractivity contribution in [2.45, 2.75) is 19.3 Å². The molecular weight excluding hydrogens is 357 g/mol. The van der Waals surface area contributed by atoms with E-state index in [1.165, 1.54) is 6.07 Å². The van der Waals surface area contributed by atoms with Gasteiger partial charge in [-0.15, -0.1) is 0 Å². The van der Waals surface area contributed by atoms with Crippen molar-refractivity contribution in [2.75, 3.05) is 0 Å². The molecule has 0 radical (unpaired) electrons. The van der Waals surface area contributed by atoms with Crippen LogP contribution in [0, 0.1) is 0 Å². The quantitative estimate of drug-likeness (QED) is 0.665. The van der Waals surface area contributed by atoms with Crippen LogP contribution in [0.4, 0.5) is 13.2 Å². The number of rotatable bonds is 6. The Balaban J connectivity index is 1.76. The predicted molar refractivity (Wildman–Crippen MR) is 94.4 cm³/mol. The van der Waals surface area contributed by atoms with Crippen LogP contribution in [0.3, 0.4) is 0 Å². The second-order valence-electron chi connectivity index (χ2n) is 5.75. The molecular formula is C20H17F3N2O2. The van der Waals surface area contributed by atoms with Crippen LogP contribution in [0.15, 0.2) is 66.7 Å². The summed E-state index contributed by atoms with van der Waals surface area (Å²) in [6.07, 6.45) is -4.57. The maximum absolute atomic E-state index is 13.0. The Morgan fingerprint density at radius 3 is 2.30 bits per heavy atom. The average molecular weight is 374 g/mol. The molecule has 27 heavy (non-hydrogen) atoms. The van der Waals surface area contributed by atoms with Crippen molar-refractivity contribution in [3.8, 4) is 17.4 Å². The van der Waals surface area contributed by atoms with Crippen LogP contribution in [0.5, 0.6) is 17.4 Å². The molecule has 3 rings (SSSR count). The summed E-state index contributed by atoms with van der Waals surface area (Å²) in [4.78, 5) is 3.54. The van der Waals surface area contributed by atoms with Gasteiger partial charge >= 0.3 is 6.18 Å². The van der Waals surface area contributed by atoms with Crippen molar-refractivity contribution in [1.82, 2.24) is 4.98 Å². The van der Waals surface area contributed by atoms with E-state index in [0.717, 1.165) is 17.4 Å². The third kappa shape index (κ3) is 5.21.